The molecule has 2 heterocycles. The number of hydrogen-bond acceptors (Lipinski definition) is 4. The van der Waals surface area contributed by atoms with Crippen LogP contribution in [0.4, 0.5) is 5.69 Å². The SMILES string of the molecule is N#Cc1cc2c(s1)SCC(=O)N2Cc1ccccc1. The van der Waals surface area contributed by atoms with E-state index in [1.807, 2.05) is 36.4 Å². The van der Waals surface area contributed by atoms with Crippen LogP contribution in [0.15, 0.2) is 40.6 Å². The number of fused-ring (bicyclic) bond motifs is 1. The van der Waals surface area contributed by atoms with Crippen molar-refractivity contribution >= 4 is 34.7 Å². The number of nitriles is 1. The van der Waals surface area contributed by atoms with Crippen molar-refractivity contribution in [3.63, 3.8) is 0 Å². The first-order valence-corrected chi connectivity index (χ1v) is 7.59. The average molecular weight is 286 g/mol. The summed E-state index contributed by atoms with van der Waals surface area (Å²) >= 11 is 2.98. The van der Waals surface area contributed by atoms with Crippen LogP contribution < -0.4 is 4.90 Å². The van der Waals surface area contributed by atoms with E-state index >= 15 is 0 Å². The Bertz CT molecular complexity index is 658. The number of anilines is 1. The molecule has 2 aromatic rings. The first kappa shape index (κ1) is 12.3. The number of nitrogens with zero attached hydrogens (tertiary/aromatic N) is 2. The zero-order chi connectivity index (χ0) is 13.2. The van der Waals surface area contributed by atoms with Crippen molar-refractivity contribution in [3.8, 4) is 6.07 Å². The molecule has 0 N–H and O–H groups in total. The summed E-state index contributed by atoms with van der Waals surface area (Å²) < 4.78 is 1.06. The highest BCUT2D eigenvalue weighted by molar-refractivity contribution is 8.02. The van der Waals surface area contributed by atoms with Crippen LogP contribution in [0, 0.1) is 11.3 Å². The molecule has 3 rings (SSSR count). The topological polar surface area (TPSA) is 44.1 Å². The third-order valence-electron chi connectivity index (χ3n) is 2.89. The number of carbonyl (C=O) groups is 1. The van der Waals surface area contributed by atoms with E-state index in [-0.39, 0.29) is 5.91 Å². The lowest BCUT2D eigenvalue weighted by molar-refractivity contribution is -0.116. The van der Waals surface area contributed by atoms with Gasteiger partial charge in [0, 0.05) is 0 Å². The molecule has 1 aliphatic rings. The van der Waals surface area contributed by atoms with E-state index < -0.39 is 0 Å². The lowest BCUT2D eigenvalue weighted by Crippen LogP contribution is -2.34. The zero-order valence-electron chi connectivity index (χ0n) is 10.00. The third kappa shape index (κ3) is 2.37. The fourth-order valence-electron chi connectivity index (χ4n) is 1.99. The van der Waals surface area contributed by atoms with Gasteiger partial charge in [0.05, 0.1) is 22.2 Å². The van der Waals surface area contributed by atoms with Gasteiger partial charge in [-0.15, -0.1) is 23.1 Å². The molecule has 5 heteroatoms. The molecule has 0 saturated carbocycles. The van der Waals surface area contributed by atoms with Gasteiger partial charge in [0.2, 0.25) is 5.91 Å². The van der Waals surface area contributed by atoms with Gasteiger partial charge in [0.1, 0.15) is 10.9 Å². The summed E-state index contributed by atoms with van der Waals surface area (Å²) in [7, 11) is 0. The van der Waals surface area contributed by atoms with Crippen LogP contribution in [0.2, 0.25) is 0 Å². The van der Waals surface area contributed by atoms with Crippen LogP contribution in [-0.4, -0.2) is 11.7 Å². The van der Waals surface area contributed by atoms with Crippen molar-refractivity contribution in [1.82, 2.24) is 0 Å². The van der Waals surface area contributed by atoms with E-state index in [1.54, 1.807) is 4.90 Å². The normalized spacial score (nSPS) is 14.1. The lowest BCUT2D eigenvalue weighted by atomic mass is 10.2. The second kappa shape index (κ2) is 5.08. The molecule has 1 aromatic carbocycles. The summed E-state index contributed by atoms with van der Waals surface area (Å²) in [6.45, 7) is 0.564. The van der Waals surface area contributed by atoms with Crippen molar-refractivity contribution < 1.29 is 4.79 Å². The Hall–Kier alpha value is -1.77. The van der Waals surface area contributed by atoms with Crippen molar-refractivity contribution in [2.24, 2.45) is 0 Å². The van der Waals surface area contributed by atoms with Crippen LogP contribution in [0.5, 0.6) is 0 Å². The van der Waals surface area contributed by atoms with Gasteiger partial charge in [-0.05, 0) is 11.6 Å². The van der Waals surface area contributed by atoms with Crippen LogP contribution in [0.3, 0.4) is 0 Å². The standard InChI is InChI=1S/C14H10N2OS2/c15-7-11-6-12-14(19-11)18-9-13(17)16(12)8-10-4-2-1-3-5-10/h1-6H,8-9H2. The maximum Gasteiger partial charge on any atom is 0.237 e. The van der Waals surface area contributed by atoms with Gasteiger partial charge >= 0.3 is 0 Å². The molecule has 0 radical (unpaired) electrons. The van der Waals surface area contributed by atoms with Crippen LogP contribution in [0.25, 0.3) is 0 Å². The highest BCUT2D eigenvalue weighted by Crippen LogP contribution is 2.42. The summed E-state index contributed by atoms with van der Waals surface area (Å²) in [4.78, 5) is 14.5. The highest BCUT2D eigenvalue weighted by Gasteiger charge is 2.27. The van der Waals surface area contributed by atoms with E-state index in [2.05, 4.69) is 6.07 Å². The van der Waals surface area contributed by atoms with Gasteiger partial charge in [-0.2, -0.15) is 5.26 Å². The van der Waals surface area contributed by atoms with Gasteiger partial charge in [0.25, 0.3) is 0 Å². The number of carbonyl (C=O) groups excluding carboxylic acids is 1. The Kier molecular flexibility index (Phi) is 3.28. The van der Waals surface area contributed by atoms with Gasteiger partial charge < -0.3 is 4.90 Å². The number of benzene rings is 1. The van der Waals surface area contributed by atoms with Gasteiger partial charge in [0.15, 0.2) is 0 Å². The molecule has 0 bridgehead atoms. The molecular formula is C14H10N2OS2. The monoisotopic (exact) mass is 286 g/mol. The lowest BCUT2D eigenvalue weighted by Gasteiger charge is -2.26. The van der Waals surface area contributed by atoms with Gasteiger partial charge in [-0.3, -0.25) is 4.79 Å². The van der Waals surface area contributed by atoms with E-state index in [0.29, 0.717) is 17.2 Å². The molecule has 94 valence electrons. The fourth-order valence-corrected chi connectivity index (χ4v) is 4.09. The molecule has 0 unspecified atom stereocenters. The van der Waals surface area contributed by atoms with E-state index in [0.717, 1.165) is 15.5 Å². The Morgan fingerprint density at radius 3 is 2.84 bits per heavy atom. The van der Waals surface area contributed by atoms with Crippen molar-refractivity contribution in [2.45, 2.75) is 10.8 Å². The Morgan fingerprint density at radius 2 is 2.11 bits per heavy atom. The summed E-state index contributed by atoms with van der Waals surface area (Å²) in [5, 5.41) is 8.98. The van der Waals surface area contributed by atoms with Gasteiger partial charge in [-0.1, -0.05) is 30.3 Å². The van der Waals surface area contributed by atoms with E-state index in [4.69, 9.17) is 5.26 Å². The predicted molar refractivity (Wildman–Crippen MR) is 77.4 cm³/mol. The maximum absolute atomic E-state index is 12.1. The number of amides is 1. The third-order valence-corrected chi connectivity index (χ3v) is 5.18. The smallest absolute Gasteiger partial charge is 0.237 e. The minimum Gasteiger partial charge on any atom is -0.305 e. The predicted octanol–water partition coefficient (Wildman–Crippen LogP) is 3.26. The number of thiophene rings is 1. The molecule has 0 saturated heterocycles. The first-order valence-electron chi connectivity index (χ1n) is 5.79. The molecular weight excluding hydrogens is 276 g/mol. The minimum atomic E-state index is 0.101. The average Bonchev–Trinajstić information content (AvgIpc) is 2.87. The number of rotatable bonds is 2. The molecule has 1 amide bonds. The Balaban J connectivity index is 1.95. The Morgan fingerprint density at radius 1 is 1.32 bits per heavy atom. The fraction of sp³-hybridized carbons (Fsp3) is 0.143. The van der Waals surface area contributed by atoms with E-state index in [1.165, 1.54) is 23.1 Å². The number of thioether (sulfide) groups is 1. The molecule has 0 atom stereocenters. The Labute approximate surface area is 119 Å². The molecule has 3 nitrogen and oxygen atoms in total. The van der Waals surface area contributed by atoms with Gasteiger partial charge in [-0.25, -0.2) is 0 Å². The minimum absolute atomic E-state index is 0.101. The van der Waals surface area contributed by atoms with Crippen molar-refractivity contribution in [1.29, 1.82) is 5.26 Å². The molecule has 1 aromatic heterocycles. The molecule has 1 aliphatic heterocycles. The van der Waals surface area contributed by atoms with Crippen LogP contribution >= 0.6 is 23.1 Å². The largest absolute Gasteiger partial charge is 0.305 e. The summed E-state index contributed by atoms with van der Waals surface area (Å²) in [5.74, 6) is 0.550. The molecule has 0 fully saturated rings. The molecule has 0 spiro atoms. The maximum atomic E-state index is 12.1. The highest BCUT2D eigenvalue weighted by atomic mass is 32.2. The first-order chi connectivity index (χ1) is 9.28. The summed E-state index contributed by atoms with van der Waals surface area (Å²) in [6, 6.07) is 13.9. The molecule has 0 aliphatic carbocycles. The van der Waals surface area contributed by atoms with E-state index in [9.17, 15) is 4.79 Å². The second-order valence-electron chi connectivity index (χ2n) is 4.15. The van der Waals surface area contributed by atoms with Crippen LogP contribution in [-0.2, 0) is 11.3 Å². The van der Waals surface area contributed by atoms with Crippen molar-refractivity contribution in [3.05, 3.63) is 46.8 Å². The zero-order valence-corrected chi connectivity index (χ0v) is 11.6. The molecule has 19 heavy (non-hydrogen) atoms. The van der Waals surface area contributed by atoms with Crippen molar-refractivity contribution in [2.75, 3.05) is 10.7 Å². The van der Waals surface area contributed by atoms with Crippen LogP contribution in [0.1, 0.15) is 10.4 Å². The summed E-state index contributed by atoms with van der Waals surface area (Å²) in [5.41, 5.74) is 1.98. The summed E-state index contributed by atoms with van der Waals surface area (Å²) in [6.07, 6.45) is 0. The number of hydrogen-bond donors (Lipinski definition) is 0. The quantitative estimate of drug-likeness (QED) is 0.851. The second-order valence-corrected chi connectivity index (χ2v) is 6.45.